The van der Waals surface area contributed by atoms with Gasteiger partial charge in [0, 0.05) is 0 Å². The van der Waals surface area contributed by atoms with Gasteiger partial charge in [-0.15, -0.1) is 0 Å². The molecule has 1 fully saturated rings. The second kappa shape index (κ2) is 4.64. The fourth-order valence-electron chi connectivity index (χ4n) is 2.41. The van der Waals surface area contributed by atoms with Gasteiger partial charge in [-0.3, -0.25) is 0 Å². The van der Waals surface area contributed by atoms with Gasteiger partial charge in [0.2, 0.25) is 0 Å². The van der Waals surface area contributed by atoms with Gasteiger partial charge in [0.1, 0.15) is 0 Å². The van der Waals surface area contributed by atoms with Crippen molar-refractivity contribution in [3.05, 3.63) is 23.8 Å². The Balaban J connectivity index is 2.21. The van der Waals surface area contributed by atoms with E-state index in [0.717, 1.165) is 31.4 Å². The van der Waals surface area contributed by atoms with E-state index in [1.807, 2.05) is 6.07 Å². The van der Waals surface area contributed by atoms with Gasteiger partial charge in [-0.05, 0) is 31.0 Å². The van der Waals surface area contributed by atoms with E-state index in [1.54, 1.807) is 12.1 Å². The topological polar surface area (TPSA) is 82.1 Å². The predicted octanol–water partition coefficient (Wildman–Crippen LogP) is 1.86. The van der Waals surface area contributed by atoms with Gasteiger partial charge < -0.3 is 16.2 Å². The third-order valence-corrected chi connectivity index (χ3v) is 3.44. The van der Waals surface area contributed by atoms with Crippen LogP contribution in [-0.4, -0.2) is 17.3 Å². The number of anilines is 2. The fourth-order valence-corrected chi connectivity index (χ4v) is 2.41. The summed E-state index contributed by atoms with van der Waals surface area (Å²) in [5, 5.41) is 21.6. The first-order valence-electron chi connectivity index (χ1n) is 5.88. The highest BCUT2D eigenvalue weighted by Crippen LogP contribution is 2.34. The van der Waals surface area contributed by atoms with E-state index in [-0.39, 0.29) is 12.1 Å². The van der Waals surface area contributed by atoms with Crippen molar-refractivity contribution in [2.45, 2.75) is 31.2 Å². The lowest BCUT2D eigenvalue weighted by Crippen LogP contribution is -2.39. The highest BCUT2D eigenvalue weighted by Gasteiger charge is 2.33. The third-order valence-electron chi connectivity index (χ3n) is 3.44. The molecule has 1 saturated carbocycles. The van der Waals surface area contributed by atoms with Crippen LogP contribution >= 0.6 is 0 Å². The maximum atomic E-state index is 9.51. The molecular formula is C13H17N3O. The first-order valence-corrected chi connectivity index (χ1v) is 5.88. The number of nitrogen functional groups attached to an aromatic ring is 1. The number of nitrogens with one attached hydrogen (secondary N) is 1. The number of nitrogens with zero attached hydrogens (tertiary/aromatic N) is 1. The minimum Gasteiger partial charge on any atom is -0.397 e. The molecule has 0 bridgehead atoms. The number of aliphatic hydroxyl groups is 1. The molecule has 0 radical (unpaired) electrons. The molecule has 4 nitrogen and oxygen atoms in total. The Morgan fingerprint density at radius 3 is 2.65 bits per heavy atom. The molecule has 1 aromatic rings. The zero-order valence-electron chi connectivity index (χ0n) is 9.74. The monoisotopic (exact) mass is 231 g/mol. The fraction of sp³-hybridized carbons (Fsp3) is 0.462. The molecule has 4 heteroatoms. The summed E-state index contributed by atoms with van der Waals surface area (Å²) in [6.07, 6.45) is 4.18. The third kappa shape index (κ3) is 2.34. The smallest absolute Gasteiger partial charge is 0.0992 e. The molecule has 0 saturated heterocycles. The Bertz CT molecular complexity index is 444. The number of hydrogen-bond donors (Lipinski definition) is 3. The number of aliphatic hydroxyl groups excluding tert-OH is 1. The van der Waals surface area contributed by atoms with Gasteiger partial charge in [0.05, 0.1) is 35.2 Å². The van der Waals surface area contributed by atoms with Crippen LogP contribution in [0.2, 0.25) is 0 Å². The normalized spacial score (nSPS) is 17.6. The maximum absolute atomic E-state index is 9.51. The Labute approximate surface area is 101 Å². The highest BCUT2D eigenvalue weighted by atomic mass is 16.3. The molecule has 90 valence electrons. The SMILES string of the molecule is N#Cc1ccc(NC2(CO)CCCC2)c(N)c1. The lowest BCUT2D eigenvalue weighted by Gasteiger charge is -2.30. The molecule has 1 aliphatic carbocycles. The molecule has 0 heterocycles. The van der Waals surface area contributed by atoms with E-state index in [1.165, 1.54) is 0 Å². The standard InChI is InChI=1S/C13H17N3O/c14-8-10-3-4-12(11(15)7-10)16-13(9-17)5-1-2-6-13/h3-4,7,16-17H,1-2,5-6,9,15H2. The van der Waals surface area contributed by atoms with Gasteiger partial charge >= 0.3 is 0 Å². The van der Waals surface area contributed by atoms with Gasteiger partial charge in [-0.25, -0.2) is 0 Å². The van der Waals surface area contributed by atoms with Crippen LogP contribution in [0.4, 0.5) is 11.4 Å². The van der Waals surface area contributed by atoms with Crippen molar-refractivity contribution >= 4 is 11.4 Å². The van der Waals surface area contributed by atoms with Gasteiger partial charge in [-0.2, -0.15) is 5.26 Å². The molecule has 2 rings (SSSR count). The lowest BCUT2D eigenvalue weighted by molar-refractivity contribution is 0.214. The second-order valence-corrected chi connectivity index (χ2v) is 4.68. The molecule has 0 spiro atoms. The molecule has 0 atom stereocenters. The van der Waals surface area contributed by atoms with Crippen LogP contribution in [-0.2, 0) is 0 Å². The van der Waals surface area contributed by atoms with Crippen LogP contribution < -0.4 is 11.1 Å². The van der Waals surface area contributed by atoms with Crippen molar-refractivity contribution in [3.8, 4) is 6.07 Å². The van der Waals surface area contributed by atoms with Crippen molar-refractivity contribution in [3.63, 3.8) is 0 Å². The quantitative estimate of drug-likeness (QED) is 0.693. The summed E-state index contributed by atoms with van der Waals surface area (Å²) in [5.74, 6) is 0. The average Bonchev–Trinajstić information content (AvgIpc) is 2.81. The summed E-state index contributed by atoms with van der Waals surface area (Å²) < 4.78 is 0. The number of benzene rings is 1. The highest BCUT2D eigenvalue weighted by molar-refractivity contribution is 5.69. The first kappa shape index (κ1) is 11.7. The summed E-state index contributed by atoms with van der Waals surface area (Å²) in [4.78, 5) is 0. The van der Waals surface area contributed by atoms with Crippen molar-refractivity contribution in [2.75, 3.05) is 17.7 Å². The zero-order chi connectivity index (χ0) is 12.3. The molecule has 0 unspecified atom stereocenters. The number of hydrogen-bond acceptors (Lipinski definition) is 4. The van der Waals surface area contributed by atoms with E-state index in [9.17, 15) is 5.11 Å². The summed E-state index contributed by atoms with van der Waals surface area (Å²) in [7, 11) is 0. The molecule has 0 aromatic heterocycles. The molecule has 0 amide bonds. The van der Waals surface area contributed by atoms with E-state index in [0.29, 0.717) is 11.3 Å². The molecular weight excluding hydrogens is 214 g/mol. The molecule has 1 aliphatic rings. The summed E-state index contributed by atoms with van der Waals surface area (Å²) in [5.41, 5.74) is 7.58. The molecule has 4 N–H and O–H groups in total. The Kier molecular flexibility index (Phi) is 3.21. The van der Waals surface area contributed by atoms with Gasteiger partial charge in [0.25, 0.3) is 0 Å². The van der Waals surface area contributed by atoms with Crippen LogP contribution in [0.25, 0.3) is 0 Å². The summed E-state index contributed by atoms with van der Waals surface area (Å²) >= 11 is 0. The average molecular weight is 231 g/mol. The van der Waals surface area contributed by atoms with Crippen molar-refractivity contribution < 1.29 is 5.11 Å². The maximum Gasteiger partial charge on any atom is 0.0992 e. The molecule has 0 aliphatic heterocycles. The summed E-state index contributed by atoms with van der Waals surface area (Å²) in [6, 6.07) is 7.25. The summed E-state index contributed by atoms with van der Waals surface area (Å²) in [6.45, 7) is 0.118. The number of rotatable bonds is 3. The molecule has 17 heavy (non-hydrogen) atoms. The number of nitrogens with two attached hydrogens (primary N) is 1. The zero-order valence-corrected chi connectivity index (χ0v) is 9.74. The van der Waals surface area contributed by atoms with E-state index in [2.05, 4.69) is 11.4 Å². The first-order chi connectivity index (χ1) is 8.19. The number of nitriles is 1. The van der Waals surface area contributed by atoms with E-state index < -0.39 is 0 Å². The van der Waals surface area contributed by atoms with E-state index >= 15 is 0 Å². The Morgan fingerprint density at radius 2 is 2.12 bits per heavy atom. The minimum absolute atomic E-state index is 0.118. The van der Waals surface area contributed by atoms with Crippen molar-refractivity contribution in [1.29, 1.82) is 5.26 Å². The van der Waals surface area contributed by atoms with Crippen molar-refractivity contribution in [1.82, 2.24) is 0 Å². The predicted molar refractivity (Wildman–Crippen MR) is 67.5 cm³/mol. The van der Waals surface area contributed by atoms with Crippen LogP contribution in [0, 0.1) is 11.3 Å². The van der Waals surface area contributed by atoms with Crippen LogP contribution in [0.1, 0.15) is 31.2 Å². The second-order valence-electron chi connectivity index (χ2n) is 4.68. The Morgan fingerprint density at radius 1 is 1.41 bits per heavy atom. The largest absolute Gasteiger partial charge is 0.397 e. The van der Waals surface area contributed by atoms with Gasteiger partial charge in [-0.1, -0.05) is 12.8 Å². The van der Waals surface area contributed by atoms with Crippen molar-refractivity contribution in [2.24, 2.45) is 0 Å². The van der Waals surface area contributed by atoms with Crippen LogP contribution in [0.3, 0.4) is 0 Å². The van der Waals surface area contributed by atoms with Crippen LogP contribution in [0.5, 0.6) is 0 Å². The van der Waals surface area contributed by atoms with Crippen LogP contribution in [0.15, 0.2) is 18.2 Å². The molecule has 1 aromatic carbocycles. The van der Waals surface area contributed by atoms with E-state index in [4.69, 9.17) is 11.0 Å². The van der Waals surface area contributed by atoms with Gasteiger partial charge in [0.15, 0.2) is 0 Å². The lowest BCUT2D eigenvalue weighted by atomic mass is 9.98. The Hall–Kier alpha value is -1.73. The minimum atomic E-state index is -0.234.